The van der Waals surface area contributed by atoms with E-state index in [1.54, 1.807) is 13.2 Å². The Balaban J connectivity index is 1.33. The minimum Gasteiger partial charge on any atom is -0.458 e. The highest BCUT2D eigenvalue weighted by Gasteiger charge is 2.55. The van der Waals surface area contributed by atoms with Gasteiger partial charge in [0, 0.05) is 31.8 Å². The minimum absolute atomic E-state index is 0.0283. The molecule has 12 nitrogen and oxygen atoms in total. The van der Waals surface area contributed by atoms with Crippen LogP contribution in [0.4, 0.5) is 11.6 Å². The van der Waals surface area contributed by atoms with E-state index in [1.807, 2.05) is 17.9 Å². The first-order valence-corrected chi connectivity index (χ1v) is 12.0. The van der Waals surface area contributed by atoms with Crippen molar-refractivity contribution in [1.82, 2.24) is 25.3 Å². The van der Waals surface area contributed by atoms with Crippen molar-refractivity contribution < 1.29 is 19.1 Å². The number of nitrogens with two attached hydrogens (primary N) is 2. The van der Waals surface area contributed by atoms with Gasteiger partial charge in [-0.25, -0.2) is 4.98 Å². The van der Waals surface area contributed by atoms with Crippen LogP contribution >= 0.6 is 0 Å². The van der Waals surface area contributed by atoms with Crippen LogP contribution in [0.15, 0.2) is 23.8 Å². The summed E-state index contributed by atoms with van der Waals surface area (Å²) in [5.74, 6) is -0.450. The summed E-state index contributed by atoms with van der Waals surface area (Å²) in [5.41, 5.74) is 13.4. The van der Waals surface area contributed by atoms with Gasteiger partial charge in [-0.1, -0.05) is 6.08 Å². The number of piperidine rings is 1. The average molecular weight is 495 g/mol. The van der Waals surface area contributed by atoms with Crippen molar-refractivity contribution in [2.45, 2.75) is 50.2 Å². The summed E-state index contributed by atoms with van der Waals surface area (Å²) in [4.78, 5) is 44.3. The highest BCUT2D eigenvalue weighted by atomic mass is 16.5. The summed E-state index contributed by atoms with van der Waals surface area (Å²) in [7, 11) is 1.59. The average Bonchev–Trinajstić information content (AvgIpc) is 3.37. The monoisotopic (exact) mass is 494 g/mol. The highest BCUT2D eigenvalue weighted by molar-refractivity contribution is 5.95. The second-order valence-corrected chi connectivity index (χ2v) is 9.57. The molecule has 3 heterocycles. The SMILES string of the molecule is COC[C@@H](C)Oc1nc(C(=O)NC23CC=C2C3)nc(N2CCC(c3ccc(N)c(C(N)=O)n3)CC2)n1. The van der Waals surface area contributed by atoms with Crippen LogP contribution in [0.25, 0.3) is 0 Å². The van der Waals surface area contributed by atoms with E-state index in [4.69, 9.17) is 20.9 Å². The molecule has 1 unspecified atom stereocenters. The second kappa shape index (κ2) is 9.34. The van der Waals surface area contributed by atoms with Crippen LogP contribution in [0.1, 0.15) is 65.3 Å². The fourth-order valence-corrected chi connectivity index (χ4v) is 4.74. The van der Waals surface area contributed by atoms with Gasteiger partial charge in [-0.3, -0.25) is 9.59 Å². The molecule has 0 bridgehead atoms. The number of carbonyl (C=O) groups excluding carboxylic acids is 2. The number of nitrogens with one attached hydrogen (secondary N) is 1. The lowest BCUT2D eigenvalue weighted by molar-refractivity contribution is 0.0835. The van der Waals surface area contributed by atoms with Crippen molar-refractivity contribution in [3.8, 4) is 6.01 Å². The van der Waals surface area contributed by atoms with Crippen LogP contribution in [-0.4, -0.2) is 70.2 Å². The van der Waals surface area contributed by atoms with Crippen LogP contribution in [-0.2, 0) is 4.74 Å². The number of methoxy groups -OCH3 is 1. The van der Waals surface area contributed by atoms with E-state index >= 15 is 0 Å². The summed E-state index contributed by atoms with van der Waals surface area (Å²) in [6.07, 6.45) is 5.05. The van der Waals surface area contributed by atoms with Gasteiger partial charge in [0.25, 0.3) is 11.8 Å². The lowest BCUT2D eigenvalue weighted by Gasteiger charge is -2.32. The zero-order valence-electron chi connectivity index (χ0n) is 20.4. The molecule has 190 valence electrons. The number of nitrogen functional groups attached to an aromatic ring is 1. The number of fused-ring (bicyclic) bond motifs is 1. The predicted molar refractivity (Wildman–Crippen MR) is 131 cm³/mol. The van der Waals surface area contributed by atoms with Crippen LogP contribution in [0.5, 0.6) is 6.01 Å². The quantitative estimate of drug-likeness (QED) is 0.426. The fourth-order valence-electron chi connectivity index (χ4n) is 4.74. The van der Waals surface area contributed by atoms with Crippen molar-refractivity contribution in [2.75, 3.05) is 37.4 Å². The molecule has 2 fully saturated rings. The molecule has 2 aromatic heterocycles. The first-order chi connectivity index (χ1) is 17.3. The van der Waals surface area contributed by atoms with Crippen molar-refractivity contribution in [2.24, 2.45) is 5.73 Å². The van der Waals surface area contributed by atoms with Gasteiger partial charge in [0.1, 0.15) is 6.10 Å². The number of aromatic nitrogens is 4. The molecule has 3 aliphatic rings. The van der Waals surface area contributed by atoms with Crippen LogP contribution in [0, 0.1) is 0 Å². The number of carbonyl (C=O) groups is 2. The van der Waals surface area contributed by atoms with E-state index in [2.05, 4.69) is 31.3 Å². The van der Waals surface area contributed by atoms with Gasteiger partial charge in [0.2, 0.25) is 11.8 Å². The van der Waals surface area contributed by atoms with Crippen molar-refractivity contribution >= 4 is 23.5 Å². The summed E-state index contributed by atoms with van der Waals surface area (Å²) in [6, 6.07) is 3.58. The van der Waals surface area contributed by atoms with Gasteiger partial charge in [-0.15, -0.1) is 0 Å². The maximum Gasteiger partial charge on any atom is 0.322 e. The van der Waals surface area contributed by atoms with Crippen molar-refractivity contribution in [1.29, 1.82) is 0 Å². The van der Waals surface area contributed by atoms with Gasteiger partial charge in [0.15, 0.2) is 5.69 Å². The summed E-state index contributed by atoms with van der Waals surface area (Å²) >= 11 is 0. The van der Waals surface area contributed by atoms with Crippen LogP contribution in [0.2, 0.25) is 0 Å². The molecule has 1 aliphatic heterocycles. The van der Waals surface area contributed by atoms with E-state index in [0.29, 0.717) is 25.6 Å². The first-order valence-electron chi connectivity index (χ1n) is 12.0. The molecular formula is C24H30N8O4. The van der Waals surface area contributed by atoms with E-state index < -0.39 is 5.91 Å². The van der Waals surface area contributed by atoms with Gasteiger partial charge in [-0.2, -0.15) is 15.0 Å². The van der Waals surface area contributed by atoms with E-state index in [9.17, 15) is 9.59 Å². The molecular weight excluding hydrogens is 464 g/mol. The predicted octanol–water partition coefficient (Wildman–Crippen LogP) is 0.948. The lowest BCUT2D eigenvalue weighted by Crippen LogP contribution is -2.41. The van der Waals surface area contributed by atoms with E-state index in [0.717, 1.165) is 31.4 Å². The number of primary amides is 1. The standard InChI is InChI=1S/C24H30N8O4/c1-13(12-35-2)36-23-29-20(21(34)31-24-8-5-15(24)11-24)28-22(30-23)32-9-6-14(7-10-32)17-4-3-16(25)18(27-17)19(26)33/h3-5,13-14H,6-12,25H2,1-2H3,(H2,26,33)(H,31,34)/t13-,24?/m1/s1. The largest absolute Gasteiger partial charge is 0.458 e. The van der Waals surface area contributed by atoms with Gasteiger partial charge in [-0.05, 0) is 50.3 Å². The third-order valence-electron chi connectivity index (χ3n) is 6.92. The maximum atomic E-state index is 13.0. The van der Waals surface area contributed by atoms with Gasteiger partial charge < -0.3 is 31.2 Å². The number of rotatable bonds is 9. The number of amides is 2. The fraction of sp³-hybridized carbons (Fsp3) is 0.500. The normalized spacial score (nSPS) is 21.6. The Morgan fingerprint density at radius 3 is 2.61 bits per heavy atom. The van der Waals surface area contributed by atoms with E-state index in [-0.39, 0.29) is 46.7 Å². The number of pyridine rings is 1. The molecule has 5 rings (SSSR count). The highest BCUT2D eigenvalue weighted by Crippen LogP contribution is 2.54. The number of hydrogen-bond donors (Lipinski definition) is 3. The van der Waals surface area contributed by atoms with Gasteiger partial charge >= 0.3 is 6.01 Å². The number of hydrogen-bond acceptors (Lipinski definition) is 10. The molecule has 2 atom stereocenters. The Labute approximate surface area is 208 Å². The van der Waals surface area contributed by atoms with Crippen molar-refractivity contribution in [3.05, 3.63) is 41.0 Å². The first kappa shape index (κ1) is 23.9. The van der Waals surface area contributed by atoms with Crippen LogP contribution in [0.3, 0.4) is 0 Å². The summed E-state index contributed by atoms with van der Waals surface area (Å²) in [5, 5.41) is 3.05. The molecule has 0 spiro atoms. The molecule has 0 aromatic carbocycles. The Morgan fingerprint density at radius 2 is 2.00 bits per heavy atom. The van der Waals surface area contributed by atoms with Gasteiger partial charge in [0.05, 0.1) is 17.8 Å². The van der Waals surface area contributed by atoms with E-state index in [1.165, 1.54) is 5.57 Å². The zero-order chi connectivity index (χ0) is 25.4. The molecule has 1 saturated heterocycles. The molecule has 0 radical (unpaired) electrons. The lowest BCUT2D eigenvalue weighted by atomic mass is 9.93. The second-order valence-electron chi connectivity index (χ2n) is 9.57. The Morgan fingerprint density at radius 1 is 1.22 bits per heavy atom. The van der Waals surface area contributed by atoms with Crippen LogP contribution < -0.4 is 26.4 Å². The number of nitrogens with zero attached hydrogens (tertiary/aromatic N) is 5. The molecule has 5 N–H and O–H groups in total. The van der Waals surface area contributed by atoms with Crippen molar-refractivity contribution in [3.63, 3.8) is 0 Å². The molecule has 2 aromatic rings. The number of ether oxygens (including phenoxy) is 2. The molecule has 1 saturated carbocycles. The summed E-state index contributed by atoms with van der Waals surface area (Å²) < 4.78 is 11.0. The Bertz CT molecular complexity index is 1220. The third-order valence-corrected chi connectivity index (χ3v) is 6.92. The minimum atomic E-state index is -0.645. The Kier molecular flexibility index (Phi) is 6.20. The molecule has 36 heavy (non-hydrogen) atoms. The smallest absolute Gasteiger partial charge is 0.322 e. The zero-order valence-corrected chi connectivity index (χ0v) is 20.4. The molecule has 2 aliphatic carbocycles. The summed E-state index contributed by atoms with van der Waals surface area (Å²) in [6.45, 7) is 3.44. The Hall–Kier alpha value is -3.80. The molecule has 2 amide bonds. The maximum absolute atomic E-state index is 13.0. The third kappa shape index (κ3) is 4.68. The molecule has 12 heteroatoms. The topological polar surface area (TPSA) is 171 Å². The number of anilines is 2.